The smallest absolute Gasteiger partial charge is 0.120 e. The van der Waals surface area contributed by atoms with Crippen LogP contribution >= 0.6 is 11.6 Å². The van der Waals surface area contributed by atoms with Crippen molar-refractivity contribution in [2.45, 2.75) is 32.2 Å². The molecule has 1 aromatic rings. The topological polar surface area (TPSA) is 35.2 Å². The Kier molecular flexibility index (Phi) is 4.92. The summed E-state index contributed by atoms with van der Waals surface area (Å²) in [5.41, 5.74) is 6.85. The third-order valence-electron chi connectivity index (χ3n) is 2.37. The molecule has 1 atom stereocenters. The fourth-order valence-corrected chi connectivity index (χ4v) is 1.74. The molecule has 15 heavy (non-hydrogen) atoms. The first-order valence-corrected chi connectivity index (χ1v) is 5.59. The average Bonchev–Trinajstić information content (AvgIpc) is 2.20. The summed E-state index contributed by atoms with van der Waals surface area (Å²) in [5, 5.41) is 0.777. The molecular formula is C12H18ClNO. The van der Waals surface area contributed by atoms with E-state index in [2.05, 4.69) is 0 Å². The minimum atomic E-state index is 0.266. The molecule has 3 heteroatoms. The van der Waals surface area contributed by atoms with E-state index < -0.39 is 0 Å². The molecule has 0 amide bonds. The van der Waals surface area contributed by atoms with E-state index in [-0.39, 0.29) is 6.04 Å². The second-order valence-electron chi connectivity index (χ2n) is 3.83. The quantitative estimate of drug-likeness (QED) is 0.839. The summed E-state index contributed by atoms with van der Waals surface area (Å²) in [5.74, 6) is 0.802. The zero-order valence-corrected chi connectivity index (χ0v) is 10.1. The first kappa shape index (κ1) is 12.3. The van der Waals surface area contributed by atoms with Crippen molar-refractivity contribution in [3.63, 3.8) is 0 Å². The van der Waals surface area contributed by atoms with Gasteiger partial charge in [-0.15, -0.1) is 0 Å². The largest absolute Gasteiger partial charge is 0.497 e. The van der Waals surface area contributed by atoms with Gasteiger partial charge in [0.25, 0.3) is 0 Å². The molecule has 0 saturated heterocycles. The predicted octanol–water partition coefficient (Wildman–Crippen LogP) is 3.02. The molecule has 84 valence electrons. The number of methoxy groups -OCH3 is 1. The van der Waals surface area contributed by atoms with E-state index in [9.17, 15) is 0 Å². The summed E-state index contributed by atoms with van der Waals surface area (Å²) in [6, 6.07) is 6.07. The van der Waals surface area contributed by atoms with Crippen LogP contribution in [-0.4, -0.2) is 13.2 Å². The normalized spacial score (nSPS) is 12.5. The Bertz CT molecular complexity index is 312. The van der Waals surface area contributed by atoms with Gasteiger partial charge in [-0.2, -0.15) is 0 Å². The van der Waals surface area contributed by atoms with Gasteiger partial charge in [-0.3, -0.25) is 0 Å². The van der Waals surface area contributed by atoms with Crippen LogP contribution in [0.4, 0.5) is 0 Å². The van der Waals surface area contributed by atoms with E-state index in [4.69, 9.17) is 22.1 Å². The predicted molar refractivity (Wildman–Crippen MR) is 64.6 cm³/mol. The number of rotatable bonds is 5. The van der Waals surface area contributed by atoms with Gasteiger partial charge in [0.05, 0.1) is 7.11 Å². The van der Waals surface area contributed by atoms with Crippen LogP contribution in [0.3, 0.4) is 0 Å². The van der Waals surface area contributed by atoms with E-state index in [1.54, 1.807) is 7.11 Å². The molecule has 1 aromatic carbocycles. The molecule has 0 bridgehead atoms. The third kappa shape index (κ3) is 4.10. The van der Waals surface area contributed by atoms with Crippen molar-refractivity contribution in [2.24, 2.45) is 5.73 Å². The molecule has 0 aliphatic rings. The molecule has 2 nitrogen and oxygen atoms in total. The van der Waals surface area contributed by atoms with Crippen LogP contribution in [0, 0.1) is 0 Å². The van der Waals surface area contributed by atoms with Gasteiger partial charge in [-0.05, 0) is 43.9 Å². The van der Waals surface area contributed by atoms with Crippen molar-refractivity contribution in [1.82, 2.24) is 0 Å². The molecule has 0 fully saturated rings. The zero-order valence-electron chi connectivity index (χ0n) is 9.29. The number of hydrogen-bond acceptors (Lipinski definition) is 2. The van der Waals surface area contributed by atoms with Gasteiger partial charge in [0, 0.05) is 11.1 Å². The maximum absolute atomic E-state index is 6.11. The van der Waals surface area contributed by atoms with Crippen LogP contribution < -0.4 is 10.5 Å². The standard InChI is InChI=1S/C12H18ClNO/c1-9(14)4-3-5-10-6-7-11(15-2)8-12(10)13/h6-9H,3-5,14H2,1-2H3. The van der Waals surface area contributed by atoms with Crippen molar-refractivity contribution in [1.29, 1.82) is 0 Å². The number of nitrogens with two attached hydrogens (primary N) is 1. The molecule has 0 spiro atoms. The van der Waals surface area contributed by atoms with E-state index in [1.165, 1.54) is 0 Å². The van der Waals surface area contributed by atoms with Gasteiger partial charge in [0.1, 0.15) is 5.75 Å². The number of aryl methyl sites for hydroxylation is 1. The number of benzene rings is 1. The Balaban J connectivity index is 2.54. The SMILES string of the molecule is COc1ccc(CCCC(C)N)c(Cl)c1. The number of hydrogen-bond donors (Lipinski definition) is 1. The van der Waals surface area contributed by atoms with Crippen molar-refractivity contribution in [3.8, 4) is 5.75 Å². The molecule has 0 saturated carbocycles. The van der Waals surface area contributed by atoms with E-state index in [1.807, 2.05) is 25.1 Å². The molecule has 0 radical (unpaired) electrons. The summed E-state index contributed by atoms with van der Waals surface area (Å²) in [7, 11) is 1.64. The lowest BCUT2D eigenvalue weighted by atomic mass is 10.1. The van der Waals surface area contributed by atoms with Crippen LogP contribution in [0.15, 0.2) is 18.2 Å². The molecule has 2 N–H and O–H groups in total. The van der Waals surface area contributed by atoms with E-state index in [0.29, 0.717) is 0 Å². The van der Waals surface area contributed by atoms with Gasteiger partial charge in [-0.1, -0.05) is 17.7 Å². The molecule has 0 aromatic heterocycles. The average molecular weight is 228 g/mol. The molecule has 0 aliphatic carbocycles. The van der Waals surface area contributed by atoms with Crippen molar-refractivity contribution in [2.75, 3.05) is 7.11 Å². The van der Waals surface area contributed by atoms with Gasteiger partial charge >= 0.3 is 0 Å². The highest BCUT2D eigenvalue weighted by Gasteiger charge is 2.03. The van der Waals surface area contributed by atoms with Crippen LogP contribution in [0.1, 0.15) is 25.3 Å². The first-order chi connectivity index (χ1) is 7.13. The molecule has 0 heterocycles. The molecular weight excluding hydrogens is 210 g/mol. The summed E-state index contributed by atoms with van der Waals surface area (Å²) in [6.45, 7) is 2.02. The van der Waals surface area contributed by atoms with Crippen LogP contribution in [0.2, 0.25) is 5.02 Å². The Hall–Kier alpha value is -0.730. The third-order valence-corrected chi connectivity index (χ3v) is 2.72. The summed E-state index contributed by atoms with van der Waals surface area (Å²) < 4.78 is 5.09. The summed E-state index contributed by atoms with van der Waals surface area (Å²) in [6.07, 6.45) is 3.08. The Labute approximate surface area is 96.4 Å². The second-order valence-corrected chi connectivity index (χ2v) is 4.23. The van der Waals surface area contributed by atoms with Gasteiger partial charge in [0.2, 0.25) is 0 Å². The van der Waals surface area contributed by atoms with Crippen molar-refractivity contribution in [3.05, 3.63) is 28.8 Å². The highest BCUT2D eigenvalue weighted by molar-refractivity contribution is 6.31. The first-order valence-electron chi connectivity index (χ1n) is 5.21. The van der Waals surface area contributed by atoms with E-state index in [0.717, 1.165) is 35.6 Å². The molecule has 1 rings (SSSR count). The fraction of sp³-hybridized carbons (Fsp3) is 0.500. The maximum Gasteiger partial charge on any atom is 0.120 e. The Morgan fingerprint density at radius 3 is 2.73 bits per heavy atom. The minimum Gasteiger partial charge on any atom is -0.497 e. The zero-order chi connectivity index (χ0) is 11.3. The van der Waals surface area contributed by atoms with Gasteiger partial charge in [0.15, 0.2) is 0 Å². The monoisotopic (exact) mass is 227 g/mol. The summed E-state index contributed by atoms with van der Waals surface area (Å²) in [4.78, 5) is 0. The van der Waals surface area contributed by atoms with Crippen LogP contribution in [-0.2, 0) is 6.42 Å². The fourth-order valence-electron chi connectivity index (χ4n) is 1.47. The Morgan fingerprint density at radius 2 is 2.20 bits per heavy atom. The Morgan fingerprint density at radius 1 is 1.47 bits per heavy atom. The second kappa shape index (κ2) is 5.99. The van der Waals surface area contributed by atoms with Gasteiger partial charge < -0.3 is 10.5 Å². The minimum absolute atomic E-state index is 0.266. The van der Waals surface area contributed by atoms with Crippen LogP contribution in [0.5, 0.6) is 5.75 Å². The van der Waals surface area contributed by atoms with E-state index >= 15 is 0 Å². The van der Waals surface area contributed by atoms with Gasteiger partial charge in [-0.25, -0.2) is 0 Å². The van der Waals surface area contributed by atoms with Crippen LogP contribution in [0.25, 0.3) is 0 Å². The lowest BCUT2D eigenvalue weighted by Crippen LogP contribution is -2.14. The van der Waals surface area contributed by atoms with Crippen molar-refractivity contribution < 1.29 is 4.74 Å². The maximum atomic E-state index is 6.11. The number of ether oxygens (including phenoxy) is 1. The lowest BCUT2D eigenvalue weighted by Gasteiger charge is -2.08. The number of halogens is 1. The highest BCUT2D eigenvalue weighted by Crippen LogP contribution is 2.23. The summed E-state index contributed by atoms with van der Waals surface area (Å²) >= 11 is 6.11. The molecule has 1 unspecified atom stereocenters. The highest BCUT2D eigenvalue weighted by atomic mass is 35.5. The lowest BCUT2D eigenvalue weighted by molar-refractivity contribution is 0.414. The van der Waals surface area contributed by atoms with Crippen molar-refractivity contribution >= 4 is 11.6 Å². The molecule has 0 aliphatic heterocycles.